The average molecular weight is 360 g/mol. The first kappa shape index (κ1) is 18.0. The van der Waals surface area contributed by atoms with Gasteiger partial charge in [-0.25, -0.2) is 9.97 Å². The molecule has 0 fully saturated rings. The van der Waals surface area contributed by atoms with Crippen molar-refractivity contribution in [2.75, 3.05) is 23.3 Å². The van der Waals surface area contributed by atoms with Gasteiger partial charge in [-0.15, -0.1) is 0 Å². The number of rotatable bonds is 5. The second-order valence-electron chi connectivity index (χ2n) is 5.75. The van der Waals surface area contributed by atoms with Crippen molar-refractivity contribution < 1.29 is 13.2 Å². The lowest BCUT2D eigenvalue weighted by Crippen LogP contribution is -2.21. The molecule has 0 spiro atoms. The number of anilines is 3. The third kappa shape index (κ3) is 3.71. The van der Waals surface area contributed by atoms with E-state index >= 15 is 0 Å². The van der Waals surface area contributed by atoms with Crippen LogP contribution in [0.3, 0.4) is 0 Å². The number of benzene rings is 2. The highest BCUT2D eigenvalue weighted by molar-refractivity contribution is 5.90. The van der Waals surface area contributed by atoms with E-state index in [1.807, 2.05) is 24.3 Å². The van der Waals surface area contributed by atoms with Crippen LogP contribution in [0.2, 0.25) is 0 Å². The van der Waals surface area contributed by atoms with Gasteiger partial charge in [0.1, 0.15) is 5.82 Å². The summed E-state index contributed by atoms with van der Waals surface area (Å²) in [5.41, 5.74) is 1.97. The number of halogens is 3. The molecular formula is C19H19F3N4. The molecule has 0 amide bonds. The van der Waals surface area contributed by atoms with Gasteiger partial charge in [-0.1, -0.05) is 12.1 Å². The number of alkyl halides is 3. The average Bonchev–Trinajstić information content (AvgIpc) is 2.63. The molecule has 136 valence electrons. The Balaban J connectivity index is 1.97. The topological polar surface area (TPSA) is 41.0 Å². The van der Waals surface area contributed by atoms with Gasteiger partial charge in [0.25, 0.3) is 0 Å². The standard InChI is InChI=1S/C19H19F3N4/c1-3-26(4-2)14-11-9-13(10-12-14)23-17-15-7-5-6-8-16(15)24-18(25-17)19(20,21)22/h5-12H,3-4H2,1-2H3,(H,23,24,25). The molecule has 1 aromatic heterocycles. The molecule has 3 rings (SSSR count). The fraction of sp³-hybridized carbons (Fsp3) is 0.263. The molecule has 26 heavy (non-hydrogen) atoms. The Bertz CT molecular complexity index is 887. The summed E-state index contributed by atoms with van der Waals surface area (Å²) in [6.45, 7) is 5.91. The number of hydrogen-bond acceptors (Lipinski definition) is 4. The lowest BCUT2D eigenvalue weighted by atomic mass is 10.2. The number of fused-ring (bicyclic) bond motifs is 1. The van der Waals surface area contributed by atoms with Gasteiger partial charge in [0.2, 0.25) is 5.82 Å². The molecule has 0 atom stereocenters. The highest BCUT2D eigenvalue weighted by atomic mass is 19.4. The summed E-state index contributed by atoms with van der Waals surface area (Å²) in [4.78, 5) is 9.51. The minimum atomic E-state index is -4.60. The minimum absolute atomic E-state index is 0.138. The molecule has 0 radical (unpaired) electrons. The first-order valence-electron chi connectivity index (χ1n) is 8.38. The summed E-state index contributed by atoms with van der Waals surface area (Å²) in [6, 6.07) is 14.2. The minimum Gasteiger partial charge on any atom is -0.372 e. The molecule has 1 N–H and O–H groups in total. The zero-order valence-electron chi connectivity index (χ0n) is 14.5. The van der Waals surface area contributed by atoms with E-state index in [-0.39, 0.29) is 11.3 Å². The molecule has 4 nitrogen and oxygen atoms in total. The van der Waals surface area contributed by atoms with E-state index in [0.717, 1.165) is 18.8 Å². The van der Waals surface area contributed by atoms with E-state index in [9.17, 15) is 13.2 Å². The summed E-state index contributed by atoms with van der Waals surface area (Å²) in [5, 5.41) is 3.53. The molecule has 0 bridgehead atoms. The van der Waals surface area contributed by atoms with Crippen molar-refractivity contribution in [1.82, 2.24) is 9.97 Å². The third-order valence-electron chi connectivity index (χ3n) is 4.12. The van der Waals surface area contributed by atoms with Gasteiger partial charge in [-0.2, -0.15) is 13.2 Å². The van der Waals surface area contributed by atoms with Gasteiger partial charge >= 0.3 is 6.18 Å². The maximum atomic E-state index is 13.1. The lowest BCUT2D eigenvalue weighted by Gasteiger charge is -2.21. The summed E-state index contributed by atoms with van der Waals surface area (Å²) in [6.07, 6.45) is -4.60. The fourth-order valence-electron chi connectivity index (χ4n) is 2.78. The summed E-state index contributed by atoms with van der Waals surface area (Å²) in [7, 11) is 0. The van der Waals surface area contributed by atoms with Crippen molar-refractivity contribution in [2.45, 2.75) is 20.0 Å². The van der Waals surface area contributed by atoms with Crippen molar-refractivity contribution >= 4 is 28.1 Å². The van der Waals surface area contributed by atoms with E-state index in [1.54, 1.807) is 24.3 Å². The quantitative estimate of drug-likeness (QED) is 0.676. The van der Waals surface area contributed by atoms with E-state index < -0.39 is 12.0 Å². The molecule has 2 aromatic carbocycles. The largest absolute Gasteiger partial charge is 0.451 e. The zero-order valence-corrected chi connectivity index (χ0v) is 14.5. The molecule has 0 aliphatic carbocycles. The number of nitrogens with one attached hydrogen (secondary N) is 1. The Morgan fingerprint density at radius 2 is 1.58 bits per heavy atom. The lowest BCUT2D eigenvalue weighted by molar-refractivity contribution is -0.144. The predicted molar refractivity (Wildman–Crippen MR) is 97.8 cm³/mol. The van der Waals surface area contributed by atoms with Gasteiger partial charge < -0.3 is 10.2 Å². The fourth-order valence-corrected chi connectivity index (χ4v) is 2.78. The van der Waals surface area contributed by atoms with Crippen molar-refractivity contribution in [3.63, 3.8) is 0 Å². The van der Waals surface area contributed by atoms with Crippen molar-refractivity contribution in [3.05, 3.63) is 54.4 Å². The molecule has 0 aliphatic rings. The second-order valence-corrected chi connectivity index (χ2v) is 5.75. The Hall–Kier alpha value is -2.83. The van der Waals surface area contributed by atoms with Crippen molar-refractivity contribution in [2.24, 2.45) is 0 Å². The first-order valence-corrected chi connectivity index (χ1v) is 8.38. The van der Waals surface area contributed by atoms with Crippen LogP contribution in [-0.2, 0) is 6.18 Å². The Kier molecular flexibility index (Phi) is 4.97. The van der Waals surface area contributed by atoms with Gasteiger partial charge in [0.05, 0.1) is 5.52 Å². The van der Waals surface area contributed by atoms with Crippen LogP contribution >= 0.6 is 0 Å². The van der Waals surface area contributed by atoms with Gasteiger partial charge in [0, 0.05) is 29.9 Å². The number of para-hydroxylation sites is 1. The van der Waals surface area contributed by atoms with Crippen LogP contribution in [0.15, 0.2) is 48.5 Å². The van der Waals surface area contributed by atoms with Gasteiger partial charge in [0.15, 0.2) is 0 Å². The molecule has 0 aliphatic heterocycles. The number of nitrogens with zero attached hydrogens (tertiary/aromatic N) is 3. The van der Waals surface area contributed by atoms with Crippen molar-refractivity contribution in [1.29, 1.82) is 0 Å². The van der Waals surface area contributed by atoms with E-state index in [4.69, 9.17) is 0 Å². The second kappa shape index (κ2) is 7.19. The van der Waals surface area contributed by atoms with E-state index in [1.165, 1.54) is 0 Å². The van der Waals surface area contributed by atoms with E-state index in [2.05, 4.69) is 34.0 Å². The highest BCUT2D eigenvalue weighted by Crippen LogP contribution is 2.31. The molecule has 0 saturated carbocycles. The smallest absolute Gasteiger partial charge is 0.372 e. The highest BCUT2D eigenvalue weighted by Gasteiger charge is 2.35. The predicted octanol–water partition coefficient (Wildman–Crippen LogP) is 5.24. The third-order valence-corrected chi connectivity index (χ3v) is 4.12. The van der Waals surface area contributed by atoms with Gasteiger partial charge in [-0.05, 0) is 50.2 Å². The van der Waals surface area contributed by atoms with Crippen LogP contribution in [-0.4, -0.2) is 23.1 Å². The normalized spacial score (nSPS) is 11.6. The summed E-state index contributed by atoms with van der Waals surface area (Å²) < 4.78 is 39.3. The molecule has 0 saturated heterocycles. The Morgan fingerprint density at radius 3 is 2.19 bits per heavy atom. The summed E-state index contributed by atoms with van der Waals surface area (Å²) in [5.74, 6) is -1.02. The van der Waals surface area contributed by atoms with Crippen LogP contribution in [0.25, 0.3) is 10.9 Å². The Morgan fingerprint density at radius 1 is 0.923 bits per heavy atom. The molecule has 0 unspecified atom stereocenters. The molecule has 1 heterocycles. The SMILES string of the molecule is CCN(CC)c1ccc(Nc2nc(C(F)(F)F)nc3ccccc23)cc1. The van der Waals surface area contributed by atoms with Gasteiger partial charge in [-0.3, -0.25) is 0 Å². The Labute approximate surface area is 149 Å². The molecular weight excluding hydrogens is 341 g/mol. The number of aromatic nitrogens is 2. The van der Waals surface area contributed by atoms with Crippen LogP contribution < -0.4 is 10.2 Å². The van der Waals surface area contributed by atoms with Crippen molar-refractivity contribution in [3.8, 4) is 0 Å². The monoisotopic (exact) mass is 360 g/mol. The number of hydrogen-bond donors (Lipinski definition) is 1. The van der Waals surface area contributed by atoms with E-state index in [0.29, 0.717) is 11.1 Å². The van der Waals surface area contributed by atoms with Crippen LogP contribution in [0.4, 0.5) is 30.4 Å². The van der Waals surface area contributed by atoms with Crippen LogP contribution in [0.5, 0.6) is 0 Å². The molecule has 3 aromatic rings. The van der Waals surface area contributed by atoms with Crippen LogP contribution in [0, 0.1) is 0 Å². The first-order chi connectivity index (χ1) is 12.4. The maximum Gasteiger partial charge on any atom is 0.451 e. The molecule has 7 heteroatoms. The summed E-state index contributed by atoms with van der Waals surface area (Å²) >= 11 is 0. The van der Waals surface area contributed by atoms with Crippen LogP contribution in [0.1, 0.15) is 19.7 Å². The zero-order chi connectivity index (χ0) is 18.7. The maximum absolute atomic E-state index is 13.1.